The molecule has 62 valence electrons. The van der Waals surface area contributed by atoms with Gasteiger partial charge in [-0.05, 0) is 28.7 Å². The molecule has 3 nitrogen and oxygen atoms in total. The minimum Gasteiger partial charge on any atom is -0.359 e. The second-order valence-electron chi connectivity index (χ2n) is 2.63. The summed E-state index contributed by atoms with van der Waals surface area (Å²) in [6, 6.07) is 3.37. The highest BCUT2D eigenvalue weighted by Gasteiger charge is 2.03. The Labute approximate surface area is 82.5 Å². The van der Waals surface area contributed by atoms with Crippen LogP contribution in [0.25, 0.3) is 11.0 Å². The SMILES string of the molecule is Cn1c(=O)ccc2[nH]cc(I)c21. The molecule has 0 atom stereocenters. The molecule has 12 heavy (non-hydrogen) atoms. The predicted octanol–water partition coefficient (Wildman–Crippen LogP) is 1.47. The van der Waals surface area contributed by atoms with Crippen LogP contribution in [0.5, 0.6) is 0 Å². The van der Waals surface area contributed by atoms with Crippen LogP contribution in [-0.4, -0.2) is 9.55 Å². The van der Waals surface area contributed by atoms with Crippen molar-refractivity contribution < 1.29 is 0 Å². The van der Waals surface area contributed by atoms with Crippen molar-refractivity contribution in [3.05, 3.63) is 32.3 Å². The molecular formula is C8H7IN2O. The van der Waals surface area contributed by atoms with E-state index in [1.807, 2.05) is 6.20 Å². The van der Waals surface area contributed by atoms with Gasteiger partial charge < -0.3 is 9.55 Å². The minimum absolute atomic E-state index is 0.0278. The van der Waals surface area contributed by atoms with Crippen LogP contribution < -0.4 is 5.56 Å². The standard InChI is InChI=1S/C8H7IN2O/c1-11-7(12)3-2-6-8(11)5(9)4-10-6/h2-4,10H,1H3. The monoisotopic (exact) mass is 274 g/mol. The van der Waals surface area contributed by atoms with Crippen LogP contribution >= 0.6 is 22.6 Å². The molecule has 2 aromatic heterocycles. The summed E-state index contributed by atoms with van der Waals surface area (Å²) in [6.45, 7) is 0. The first kappa shape index (κ1) is 7.85. The van der Waals surface area contributed by atoms with Crippen molar-refractivity contribution >= 4 is 33.6 Å². The van der Waals surface area contributed by atoms with E-state index < -0.39 is 0 Å². The number of halogens is 1. The van der Waals surface area contributed by atoms with Crippen LogP contribution in [0.1, 0.15) is 0 Å². The van der Waals surface area contributed by atoms with E-state index in [4.69, 9.17) is 0 Å². The second kappa shape index (κ2) is 2.62. The number of hydrogen-bond donors (Lipinski definition) is 1. The number of pyridine rings is 1. The van der Waals surface area contributed by atoms with Crippen molar-refractivity contribution in [3.8, 4) is 0 Å². The molecule has 0 bridgehead atoms. The fourth-order valence-corrected chi connectivity index (χ4v) is 2.06. The molecule has 0 saturated carbocycles. The van der Waals surface area contributed by atoms with Crippen molar-refractivity contribution in [2.45, 2.75) is 0 Å². The molecule has 1 N–H and O–H groups in total. The van der Waals surface area contributed by atoms with Gasteiger partial charge in [0.1, 0.15) is 0 Å². The Morgan fingerprint density at radius 3 is 3.00 bits per heavy atom. The number of fused-ring (bicyclic) bond motifs is 1. The lowest BCUT2D eigenvalue weighted by Crippen LogP contribution is -2.14. The number of nitrogens with zero attached hydrogens (tertiary/aromatic N) is 1. The summed E-state index contributed by atoms with van der Waals surface area (Å²) in [4.78, 5) is 14.3. The van der Waals surface area contributed by atoms with E-state index in [0.29, 0.717) is 0 Å². The van der Waals surface area contributed by atoms with E-state index in [-0.39, 0.29) is 5.56 Å². The lowest BCUT2D eigenvalue weighted by molar-refractivity contribution is 0.905. The van der Waals surface area contributed by atoms with Crippen LogP contribution in [0, 0.1) is 3.57 Å². The van der Waals surface area contributed by atoms with Crippen LogP contribution in [0.2, 0.25) is 0 Å². The lowest BCUT2D eigenvalue weighted by Gasteiger charge is -1.98. The Kier molecular flexibility index (Phi) is 1.71. The molecular weight excluding hydrogens is 267 g/mol. The molecule has 0 radical (unpaired) electrons. The molecule has 0 unspecified atom stereocenters. The van der Waals surface area contributed by atoms with E-state index in [2.05, 4.69) is 27.6 Å². The first-order valence-corrected chi connectivity index (χ1v) is 4.60. The summed E-state index contributed by atoms with van der Waals surface area (Å²) in [5, 5.41) is 0. The Morgan fingerprint density at radius 2 is 2.25 bits per heavy atom. The molecule has 0 aromatic carbocycles. The van der Waals surface area contributed by atoms with Crippen molar-refractivity contribution in [1.29, 1.82) is 0 Å². The number of rotatable bonds is 0. The number of aromatic amines is 1. The van der Waals surface area contributed by atoms with Gasteiger partial charge in [0.05, 0.1) is 14.6 Å². The maximum absolute atomic E-state index is 11.2. The van der Waals surface area contributed by atoms with E-state index in [1.165, 1.54) is 0 Å². The summed E-state index contributed by atoms with van der Waals surface area (Å²) in [6.07, 6.45) is 1.89. The Morgan fingerprint density at radius 1 is 1.50 bits per heavy atom. The van der Waals surface area contributed by atoms with Crippen molar-refractivity contribution in [2.75, 3.05) is 0 Å². The number of aromatic nitrogens is 2. The smallest absolute Gasteiger partial charge is 0.250 e. The number of H-pyrrole nitrogens is 1. The number of nitrogens with one attached hydrogen (secondary N) is 1. The quantitative estimate of drug-likeness (QED) is 0.726. The first-order chi connectivity index (χ1) is 5.70. The molecule has 2 aromatic rings. The summed E-state index contributed by atoms with van der Waals surface area (Å²) < 4.78 is 2.72. The molecule has 0 aliphatic heterocycles. The third kappa shape index (κ3) is 0.979. The van der Waals surface area contributed by atoms with Gasteiger partial charge in [-0.1, -0.05) is 0 Å². The predicted molar refractivity (Wildman–Crippen MR) is 56.3 cm³/mol. The largest absolute Gasteiger partial charge is 0.359 e. The Bertz CT molecular complexity index is 483. The highest BCUT2D eigenvalue weighted by Crippen LogP contribution is 2.16. The third-order valence-electron chi connectivity index (χ3n) is 1.89. The zero-order chi connectivity index (χ0) is 8.72. The molecule has 2 rings (SSSR count). The Balaban J connectivity index is 3.06. The van der Waals surface area contributed by atoms with Crippen LogP contribution in [0.3, 0.4) is 0 Å². The molecule has 4 heteroatoms. The molecule has 0 aliphatic carbocycles. The van der Waals surface area contributed by atoms with Gasteiger partial charge in [-0.3, -0.25) is 4.79 Å². The highest BCUT2D eigenvalue weighted by atomic mass is 127. The van der Waals surface area contributed by atoms with Crippen molar-refractivity contribution in [3.63, 3.8) is 0 Å². The summed E-state index contributed by atoms with van der Waals surface area (Å²) in [5.74, 6) is 0. The summed E-state index contributed by atoms with van der Waals surface area (Å²) in [5.41, 5.74) is 2.00. The molecule has 0 spiro atoms. The average molecular weight is 274 g/mol. The minimum atomic E-state index is 0.0278. The second-order valence-corrected chi connectivity index (χ2v) is 3.79. The zero-order valence-corrected chi connectivity index (χ0v) is 8.62. The normalized spacial score (nSPS) is 10.8. The van der Waals surface area contributed by atoms with Crippen LogP contribution in [0.15, 0.2) is 23.1 Å². The maximum Gasteiger partial charge on any atom is 0.250 e. The molecule has 0 aliphatic rings. The van der Waals surface area contributed by atoms with Gasteiger partial charge in [-0.25, -0.2) is 0 Å². The van der Waals surface area contributed by atoms with Crippen molar-refractivity contribution in [2.24, 2.45) is 7.05 Å². The fraction of sp³-hybridized carbons (Fsp3) is 0.125. The number of aryl methyl sites for hydroxylation is 1. The summed E-state index contributed by atoms with van der Waals surface area (Å²) >= 11 is 2.20. The summed E-state index contributed by atoms with van der Waals surface area (Å²) in [7, 11) is 1.78. The zero-order valence-electron chi connectivity index (χ0n) is 6.47. The van der Waals surface area contributed by atoms with Gasteiger partial charge in [0.25, 0.3) is 5.56 Å². The molecule has 0 amide bonds. The third-order valence-corrected chi connectivity index (χ3v) is 2.72. The lowest BCUT2D eigenvalue weighted by atomic mass is 10.4. The van der Waals surface area contributed by atoms with Gasteiger partial charge in [0, 0.05) is 19.3 Å². The maximum atomic E-state index is 11.2. The van der Waals surface area contributed by atoms with Gasteiger partial charge in [-0.15, -0.1) is 0 Å². The molecule has 0 saturated heterocycles. The van der Waals surface area contributed by atoms with Crippen LogP contribution in [0.4, 0.5) is 0 Å². The van der Waals surface area contributed by atoms with Gasteiger partial charge in [-0.2, -0.15) is 0 Å². The molecule has 2 heterocycles. The highest BCUT2D eigenvalue weighted by molar-refractivity contribution is 14.1. The first-order valence-electron chi connectivity index (χ1n) is 3.53. The van der Waals surface area contributed by atoms with E-state index >= 15 is 0 Å². The Hall–Kier alpha value is -0.780. The topological polar surface area (TPSA) is 37.8 Å². The average Bonchev–Trinajstić information content (AvgIpc) is 2.41. The van der Waals surface area contributed by atoms with Crippen LogP contribution in [-0.2, 0) is 7.05 Å². The number of hydrogen-bond acceptors (Lipinski definition) is 1. The van der Waals surface area contributed by atoms with E-state index in [1.54, 1.807) is 23.7 Å². The molecule has 0 fully saturated rings. The van der Waals surface area contributed by atoms with E-state index in [9.17, 15) is 4.79 Å². The van der Waals surface area contributed by atoms with E-state index in [0.717, 1.165) is 14.6 Å². The van der Waals surface area contributed by atoms with Gasteiger partial charge in [0.2, 0.25) is 0 Å². The van der Waals surface area contributed by atoms with Gasteiger partial charge in [0.15, 0.2) is 0 Å². The van der Waals surface area contributed by atoms with Crippen molar-refractivity contribution in [1.82, 2.24) is 9.55 Å². The fourth-order valence-electron chi connectivity index (χ4n) is 1.25. The van der Waals surface area contributed by atoms with Gasteiger partial charge >= 0.3 is 0 Å².